The molecule has 1 N–H and O–H groups in total. The summed E-state index contributed by atoms with van der Waals surface area (Å²) in [7, 11) is 0. The van der Waals surface area contributed by atoms with E-state index in [1.165, 1.54) is 12.0 Å². The van der Waals surface area contributed by atoms with Gasteiger partial charge in [0.15, 0.2) is 0 Å². The molecule has 1 amide bonds. The summed E-state index contributed by atoms with van der Waals surface area (Å²) in [5, 5.41) is 2.74. The molecule has 5 heteroatoms. The smallest absolute Gasteiger partial charge is 0.413 e. The number of hydrogen-bond acceptors (Lipinski definition) is 4. The first-order chi connectivity index (χ1) is 14.4. The van der Waals surface area contributed by atoms with Crippen LogP contribution in [0, 0.1) is 29.6 Å². The second kappa shape index (κ2) is 8.48. The Balaban J connectivity index is 1.65. The fraction of sp³-hybridized carbons (Fsp3) is 0.692. The monoisotopic (exact) mass is 429 g/mol. The molecule has 0 aliphatic heterocycles. The molecule has 2 bridgehead atoms. The standard InChI is InChI=1S/C26H39NO4/c1-15(2)18-9-10-20(17(5)13-18)30-24(29)27-22(16(3)4)23(28)31-21-14-19-11-12-26(21,8)25(19,6)7/h9-10,13,15-16,19,21-22H,11-12,14H2,1-8H3,(H,27,29)/t19?,21?,22-,26?/m0/s1. The number of rotatable bonds is 6. The third-order valence-corrected chi connectivity index (χ3v) is 8.23. The van der Waals surface area contributed by atoms with Crippen LogP contribution in [0.25, 0.3) is 0 Å². The van der Waals surface area contributed by atoms with Gasteiger partial charge in [-0.15, -0.1) is 0 Å². The zero-order chi connectivity index (χ0) is 23.1. The van der Waals surface area contributed by atoms with Crippen LogP contribution in [-0.2, 0) is 9.53 Å². The highest BCUT2D eigenvalue weighted by atomic mass is 16.6. The van der Waals surface area contributed by atoms with Crippen molar-refractivity contribution in [1.82, 2.24) is 5.32 Å². The molecule has 3 rings (SSSR count). The second-order valence-electron chi connectivity index (χ2n) is 11.0. The summed E-state index contributed by atoms with van der Waals surface area (Å²) in [4.78, 5) is 25.6. The summed E-state index contributed by atoms with van der Waals surface area (Å²) >= 11 is 0. The number of ether oxygens (including phenoxy) is 2. The minimum atomic E-state index is -0.742. The zero-order valence-corrected chi connectivity index (χ0v) is 20.4. The van der Waals surface area contributed by atoms with Crippen molar-refractivity contribution in [1.29, 1.82) is 0 Å². The first-order valence-corrected chi connectivity index (χ1v) is 11.7. The fourth-order valence-electron chi connectivity index (χ4n) is 5.42. The molecule has 172 valence electrons. The first-order valence-electron chi connectivity index (χ1n) is 11.7. The number of amides is 1. The molecule has 0 radical (unpaired) electrons. The molecule has 1 aromatic rings. The molecular formula is C26H39NO4. The lowest BCUT2D eigenvalue weighted by Gasteiger charge is -2.39. The Bertz CT molecular complexity index is 844. The maximum absolute atomic E-state index is 13.1. The van der Waals surface area contributed by atoms with Gasteiger partial charge in [-0.2, -0.15) is 0 Å². The summed E-state index contributed by atoms with van der Waals surface area (Å²) in [5.74, 6) is 1.01. The van der Waals surface area contributed by atoms with Gasteiger partial charge in [0.1, 0.15) is 17.9 Å². The normalized spacial score (nSPS) is 27.4. The minimum Gasteiger partial charge on any atom is -0.460 e. The Labute approximate surface area is 187 Å². The first kappa shape index (κ1) is 23.6. The molecular weight excluding hydrogens is 390 g/mol. The van der Waals surface area contributed by atoms with E-state index in [2.05, 4.69) is 39.9 Å². The summed E-state index contributed by atoms with van der Waals surface area (Å²) in [5.41, 5.74) is 2.24. The Morgan fingerprint density at radius 2 is 1.81 bits per heavy atom. The third-order valence-electron chi connectivity index (χ3n) is 8.23. The average molecular weight is 430 g/mol. The number of fused-ring (bicyclic) bond motifs is 2. The molecule has 2 saturated carbocycles. The van der Waals surface area contributed by atoms with Crippen molar-refractivity contribution < 1.29 is 19.1 Å². The lowest BCUT2D eigenvalue weighted by molar-refractivity contribution is -0.160. The van der Waals surface area contributed by atoms with Crippen LogP contribution < -0.4 is 10.1 Å². The van der Waals surface area contributed by atoms with Gasteiger partial charge in [0.25, 0.3) is 0 Å². The van der Waals surface area contributed by atoms with Crippen molar-refractivity contribution in [2.24, 2.45) is 22.7 Å². The summed E-state index contributed by atoms with van der Waals surface area (Å²) < 4.78 is 11.5. The van der Waals surface area contributed by atoms with Gasteiger partial charge in [-0.1, -0.05) is 60.6 Å². The van der Waals surface area contributed by atoms with Crippen LogP contribution in [0.1, 0.15) is 84.8 Å². The van der Waals surface area contributed by atoms with Gasteiger partial charge in [0, 0.05) is 5.41 Å². The molecule has 0 spiro atoms. The van der Waals surface area contributed by atoms with Crippen molar-refractivity contribution >= 4 is 12.1 Å². The fourth-order valence-corrected chi connectivity index (χ4v) is 5.42. The largest absolute Gasteiger partial charge is 0.460 e. The van der Waals surface area contributed by atoms with E-state index in [4.69, 9.17) is 9.47 Å². The van der Waals surface area contributed by atoms with E-state index in [0.29, 0.717) is 17.6 Å². The average Bonchev–Trinajstić information content (AvgIpc) is 3.00. The Morgan fingerprint density at radius 3 is 2.29 bits per heavy atom. The second-order valence-corrected chi connectivity index (χ2v) is 11.0. The van der Waals surface area contributed by atoms with Crippen LogP contribution in [-0.4, -0.2) is 24.2 Å². The van der Waals surface area contributed by atoms with Crippen molar-refractivity contribution in [2.45, 2.75) is 92.7 Å². The lowest BCUT2D eigenvalue weighted by atomic mass is 9.70. The van der Waals surface area contributed by atoms with Crippen LogP contribution in [0.2, 0.25) is 0 Å². The molecule has 2 aliphatic rings. The van der Waals surface area contributed by atoms with E-state index in [1.54, 1.807) is 0 Å². The zero-order valence-electron chi connectivity index (χ0n) is 20.4. The van der Waals surface area contributed by atoms with Crippen molar-refractivity contribution in [3.05, 3.63) is 29.3 Å². The molecule has 1 aromatic carbocycles. The van der Waals surface area contributed by atoms with Gasteiger partial charge in [-0.3, -0.25) is 0 Å². The molecule has 0 aromatic heterocycles. The summed E-state index contributed by atoms with van der Waals surface area (Å²) in [6.07, 6.45) is 2.46. The van der Waals surface area contributed by atoms with Gasteiger partial charge in [-0.25, -0.2) is 9.59 Å². The number of carbonyl (C=O) groups is 2. The minimum absolute atomic E-state index is 0.00929. The van der Waals surface area contributed by atoms with E-state index in [9.17, 15) is 9.59 Å². The quantitative estimate of drug-likeness (QED) is 0.564. The molecule has 0 heterocycles. The molecule has 2 fully saturated rings. The lowest BCUT2D eigenvalue weighted by Crippen LogP contribution is -2.49. The molecule has 0 saturated heterocycles. The van der Waals surface area contributed by atoms with Crippen molar-refractivity contribution in [3.8, 4) is 5.75 Å². The summed E-state index contributed by atoms with van der Waals surface area (Å²) in [6, 6.07) is 5.06. The van der Waals surface area contributed by atoms with Crippen LogP contribution >= 0.6 is 0 Å². The van der Waals surface area contributed by atoms with Gasteiger partial charge in [0.05, 0.1) is 0 Å². The number of nitrogens with one attached hydrogen (secondary N) is 1. The molecule has 4 atom stereocenters. The molecule has 31 heavy (non-hydrogen) atoms. The van der Waals surface area contributed by atoms with Crippen LogP contribution in [0.5, 0.6) is 5.75 Å². The van der Waals surface area contributed by atoms with Gasteiger partial charge < -0.3 is 14.8 Å². The van der Waals surface area contributed by atoms with Gasteiger partial charge in [0.2, 0.25) is 0 Å². The van der Waals surface area contributed by atoms with Crippen molar-refractivity contribution in [2.75, 3.05) is 0 Å². The predicted octanol–water partition coefficient (Wildman–Crippen LogP) is 5.99. The number of aryl methyl sites for hydroxylation is 1. The van der Waals surface area contributed by atoms with Crippen molar-refractivity contribution in [3.63, 3.8) is 0 Å². The topological polar surface area (TPSA) is 64.6 Å². The highest BCUT2D eigenvalue weighted by Gasteiger charge is 2.63. The highest BCUT2D eigenvalue weighted by Crippen LogP contribution is 2.66. The third kappa shape index (κ3) is 4.33. The van der Waals surface area contributed by atoms with Crippen LogP contribution in [0.3, 0.4) is 0 Å². The van der Waals surface area contributed by atoms with Gasteiger partial charge in [-0.05, 0) is 66.5 Å². The number of esters is 1. The van der Waals surface area contributed by atoms with E-state index in [0.717, 1.165) is 18.4 Å². The highest BCUT2D eigenvalue weighted by molar-refractivity contribution is 5.82. The van der Waals surface area contributed by atoms with E-state index >= 15 is 0 Å². The number of hydrogen-bond donors (Lipinski definition) is 1. The molecule has 3 unspecified atom stereocenters. The Hall–Kier alpha value is -2.04. The Morgan fingerprint density at radius 1 is 1.13 bits per heavy atom. The number of carbonyl (C=O) groups excluding carboxylic acids is 2. The molecule has 2 aliphatic carbocycles. The summed E-state index contributed by atoms with van der Waals surface area (Å²) in [6.45, 7) is 16.8. The van der Waals surface area contributed by atoms with Crippen LogP contribution in [0.15, 0.2) is 18.2 Å². The van der Waals surface area contributed by atoms with Gasteiger partial charge >= 0.3 is 12.1 Å². The Kier molecular flexibility index (Phi) is 6.46. The maximum atomic E-state index is 13.1. The van der Waals surface area contributed by atoms with E-state index in [1.807, 2.05) is 39.0 Å². The predicted molar refractivity (Wildman–Crippen MR) is 122 cm³/mol. The van der Waals surface area contributed by atoms with Crippen LogP contribution in [0.4, 0.5) is 4.79 Å². The van der Waals surface area contributed by atoms with E-state index < -0.39 is 12.1 Å². The molecule has 5 nitrogen and oxygen atoms in total. The number of benzene rings is 1. The van der Waals surface area contributed by atoms with E-state index in [-0.39, 0.29) is 28.8 Å². The maximum Gasteiger partial charge on any atom is 0.413 e. The SMILES string of the molecule is Cc1cc(C(C)C)ccc1OC(=O)N[C@H](C(=O)OC1CC2CCC1(C)C2(C)C)C(C)C.